The van der Waals surface area contributed by atoms with Crippen molar-refractivity contribution >= 4 is 5.91 Å². The third-order valence-electron chi connectivity index (χ3n) is 4.11. The molecule has 2 aliphatic rings. The Labute approximate surface area is 128 Å². The molecule has 22 heavy (non-hydrogen) atoms. The minimum Gasteiger partial charge on any atom is -0.497 e. The summed E-state index contributed by atoms with van der Waals surface area (Å²) in [5.41, 5.74) is 2.38. The monoisotopic (exact) mass is 298 g/mol. The van der Waals surface area contributed by atoms with Gasteiger partial charge in [-0.25, -0.2) is 4.68 Å². The van der Waals surface area contributed by atoms with E-state index in [0.29, 0.717) is 18.3 Å². The van der Waals surface area contributed by atoms with Crippen LogP contribution >= 0.6 is 0 Å². The van der Waals surface area contributed by atoms with Crippen molar-refractivity contribution in [3.8, 4) is 17.0 Å². The highest BCUT2D eigenvalue weighted by molar-refractivity contribution is 5.94. The van der Waals surface area contributed by atoms with E-state index >= 15 is 0 Å². The zero-order valence-corrected chi connectivity index (χ0v) is 12.4. The van der Waals surface area contributed by atoms with E-state index < -0.39 is 0 Å². The maximum absolute atomic E-state index is 12.1. The summed E-state index contributed by atoms with van der Waals surface area (Å²) in [7, 11) is 1.64. The molecule has 0 radical (unpaired) electrons. The fraction of sp³-hybridized carbons (Fsp3) is 0.375. The van der Waals surface area contributed by atoms with Crippen molar-refractivity contribution in [3.05, 3.63) is 36.0 Å². The van der Waals surface area contributed by atoms with Gasteiger partial charge in [-0.05, 0) is 43.2 Å². The number of fused-ring (bicyclic) bond motifs is 1. The maximum Gasteiger partial charge on any atom is 0.269 e. The van der Waals surface area contributed by atoms with Gasteiger partial charge in [0.1, 0.15) is 17.6 Å². The number of benzene rings is 1. The second kappa shape index (κ2) is 5.14. The molecule has 1 aliphatic carbocycles. The second-order valence-electron chi connectivity index (χ2n) is 5.75. The van der Waals surface area contributed by atoms with Gasteiger partial charge >= 0.3 is 0 Å². The van der Waals surface area contributed by atoms with Crippen LogP contribution in [-0.2, 0) is 0 Å². The van der Waals surface area contributed by atoms with Gasteiger partial charge in [-0.1, -0.05) is 0 Å². The van der Waals surface area contributed by atoms with Gasteiger partial charge in [0.2, 0.25) is 0 Å². The molecule has 6 nitrogen and oxygen atoms in total. The molecule has 1 aliphatic heterocycles. The number of nitrogens with zero attached hydrogens (tertiary/aromatic N) is 2. The molecule has 1 aromatic heterocycles. The van der Waals surface area contributed by atoms with Crippen molar-refractivity contribution in [1.29, 1.82) is 0 Å². The van der Waals surface area contributed by atoms with Crippen molar-refractivity contribution in [2.24, 2.45) is 0 Å². The molecule has 1 aromatic carbocycles. The van der Waals surface area contributed by atoms with Crippen LogP contribution in [0.5, 0.6) is 5.75 Å². The zero-order chi connectivity index (χ0) is 15.1. The molecule has 2 heterocycles. The average molecular weight is 298 g/mol. The van der Waals surface area contributed by atoms with E-state index in [1.165, 1.54) is 12.8 Å². The normalized spacial score (nSPS) is 20.4. The molecule has 1 amide bonds. The van der Waals surface area contributed by atoms with E-state index in [4.69, 9.17) is 4.74 Å². The first-order valence-corrected chi connectivity index (χ1v) is 7.53. The number of methoxy groups -OCH3 is 1. The Bertz CT molecular complexity index is 703. The molecule has 6 heteroatoms. The first-order chi connectivity index (χ1) is 10.7. The van der Waals surface area contributed by atoms with Crippen LogP contribution in [0.4, 0.5) is 0 Å². The van der Waals surface area contributed by atoms with E-state index in [9.17, 15) is 4.79 Å². The lowest BCUT2D eigenvalue weighted by molar-refractivity contribution is 0.0900. The number of amides is 1. The first-order valence-electron chi connectivity index (χ1n) is 7.53. The van der Waals surface area contributed by atoms with E-state index in [0.717, 1.165) is 17.0 Å². The highest BCUT2D eigenvalue weighted by Crippen LogP contribution is 2.27. The first kappa shape index (κ1) is 13.3. The fourth-order valence-electron chi connectivity index (χ4n) is 2.72. The molecule has 0 spiro atoms. The number of hydrogen-bond acceptors (Lipinski definition) is 4. The van der Waals surface area contributed by atoms with Gasteiger partial charge in [-0.3, -0.25) is 10.1 Å². The minimum absolute atomic E-state index is 0.0344. The van der Waals surface area contributed by atoms with Gasteiger partial charge in [0.15, 0.2) is 0 Å². The average Bonchev–Trinajstić information content (AvgIpc) is 3.25. The molecule has 4 rings (SSSR count). The van der Waals surface area contributed by atoms with Gasteiger partial charge in [-0.15, -0.1) is 0 Å². The lowest BCUT2D eigenvalue weighted by atomic mass is 10.1. The summed E-state index contributed by atoms with van der Waals surface area (Å²) in [5.74, 6) is 0.736. The van der Waals surface area contributed by atoms with E-state index in [1.807, 2.05) is 35.0 Å². The second-order valence-corrected chi connectivity index (χ2v) is 5.75. The lowest BCUT2D eigenvalue weighted by Crippen LogP contribution is -2.45. The summed E-state index contributed by atoms with van der Waals surface area (Å²) in [5, 5.41) is 11.1. The van der Waals surface area contributed by atoms with Gasteiger partial charge < -0.3 is 10.1 Å². The van der Waals surface area contributed by atoms with Crippen LogP contribution in [0.1, 0.15) is 29.5 Å². The fourth-order valence-corrected chi connectivity index (χ4v) is 2.72. The van der Waals surface area contributed by atoms with E-state index in [1.54, 1.807) is 7.11 Å². The van der Waals surface area contributed by atoms with Crippen molar-refractivity contribution < 1.29 is 9.53 Å². The van der Waals surface area contributed by atoms with Gasteiger partial charge in [0, 0.05) is 11.6 Å². The van der Waals surface area contributed by atoms with Crippen LogP contribution < -0.4 is 15.4 Å². The van der Waals surface area contributed by atoms with Crippen LogP contribution in [0.3, 0.4) is 0 Å². The predicted octanol–water partition coefficient (Wildman–Crippen LogP) is 1.55. The smallest absolute Gasteiger partial charge is 0.269 e. The molecule has 114 valence electrons. The van der Waals surface area contributed by atoms with Crippen LogP contribution in [0, 0.1) is 0 Å². The SMILES string of the molecule is COc1ccc(-c2cc3n(n2)[C@H](NC2CC2)CNC3=O)cc1. The number of rotatable bonds is 4. The summed E-state index contributed by atoms with van der Waals surface area (Å²) in [6.45, 7) is 0.575. The van der Waals surface area contributed by atoms with Crippen LogP contribution in [-0.4, -0.2) is 35.4 Å². The van der Waals surface area contributed by atoms with Crippen molar-refractivity contribution in [3.63, 3.8) is 0 Å². The van der Waals surface area contributed by atoms with Crippen LogP contribution in [0.25, 0.3) is 11.3 Å². The molecule has 2 N–H and O–H groups in total. The number of carbonyl (C=O) groups is 1. The molecule has 1 atom stereocenters. The van der Waals surface area contributed by atoms with Gasteiger partial charge in [0.05, 0.1) is 19.3 Å². The Morgan fingerprint density at radius 3 is 2.77 bits per heavy atom. The topological polar surface area (TPSA) is 68.2 Å². The predicted molar refractivity (Wildman–Crippen MR) is 81.7 cm³/mol. The third kappa shape index (κ3) is 2.35. The molecule has 1 saturated carbocycles. The maximum atomic E-state index is 12.1. The standard InChI is InChI=1S/C16H18N4O2/c1-22-12-6-2-10(3-7-12)13-8-14-16(21)17-9-15(20(14)19-13)18-11-4-5-11/h2-3,6-8,11,15,18H,4-5,9H2,1H3,(H,17,21)/t15-/m0/s1. The number of aromatic nitrogens is 2. The third-order valence-corrected chi connectivity index (χ3v) is 4.11. The Kier molecular flexibility index (Phi) is 3.11. The quantitative estimate of drug-likeness (QED) is 0.898. The number of nitrogens with one attached hydrogen (secondary N) is 2. The summed E-state index contributed by atoms with van der Waals surface area (Å²) < 4.78 is 6.99. The lowest BCUT2D eigenvalue weighted by Gasteiger charge is -2.25. The Morgan fingerprint density at radius 2 is 2.09 bits per heavy atom. The highest BCUT2D eigenvalue weighted by atomic mass is 16.5. The number of hydrogen-bond donors (Lipinski definition) is 2. The Balaban J connectivity index is 1.68. The van der Waals surface area contributed by atoms with E-state index in [-0.39, 0.29) is 12.1 Å². The van der Waals surface area contributed by atoms with Crippen molar-refractivity contribution in [1.82, 2.24) is 20.4 Å². The summed E-state index contributed by atoms with van der Waals surface area (Å²) in [6, 6.07) is 10.1. The summed E-state index contributed by atoms with van der Waals surface area (Å²) >= 11 is 0. The van der Waals surface area contributed by atoms with Crippen molar-refractivity contribution in [2.75, 3.05) is 13.7 Å². The molecular weight excluding hydrogens is 280 g/mol. The minimum atomic E-state index is -0.0684. The van der Waals surface area contributed by atoms with Gasteiger partial charge in [-0.2, -0.15) is 5.10 Å². The largest absolute Gasteiger partial charge is 0.497 e. The summed E-state index contributed by atoms with van der Waals surface area (Å²) in [4.78, 5) is 12.1. The Hall–Kier alpha value is -2.34. The Morgan fingerprint density at radius 1 is 1.32 bits per heavy atom. The van der Waals surface area contributed by atoms with Crippen LogP contribution in [0.2, 0.25) is 0 Å². The number of ether oxygens (including phenoxy) is 1. The zero-order valence-electron chi connectivity index (χ0n) is 12.4. The van der Waals surface area contributed by atoms with Gasteiger partial charge in [0.25, 0.3) is 5.91 Å². The van der Waals surface area contributed by atoms with E-state index in [2.05, 4.69) is 15.7 Å². The molecule has 2 aromatic rings. The molecular formula is C16H18N4O2. The van der Waals surface area contributed by atoms with Crippen molar-refractivity contribution in [2.45, 2.75) is 25.0 Å². The molecule has 0 saturated heterocycles. The highest BCUT2D eigenvalue weighted by Gasteiger charge is 2.31. The molecule has 1 fully saturated rings. The molecule has 0 unspecified atom stereocenters. The van der Waals surface area contributed by atoms with Crippen LogP contribution in [0.15, 0.2) is 30.3 Å². The summed E-state index contributed by atoms with van der Waals surface area (Å²) in [6.07, 6.45) is 2.44. The number of carbonyl (C=O) groups excluding carboxylic acids is 1. The molecule has 0 bridgehead atoms.